The number of rotatable bonds is 2. The Morgan fingerprint density at radius 1 is 0.696 bits per heavy atom. The fourth-order valence-corrected chi connectivity index (χ4v) is 4.29. The van der Waals surface area contributed by atoms with Crippen LogP contribution in [0.2, 0.25) is 0 Å². The van der Waals surface area contributed by atoms with E-state index < -0.39 is 0 Å². The smallest absolute Gasteiger partial charge is 0.190 e. The Morgan fingerprint density at radius 2 is 1.04 bits per heavy atom. The lowest BCUT2D eigenvalue weighted by molar-refractivity contribution is -0.109. The summed E-state index contributed by atoms with van der Waals surface area (Å²) in [5, 5.41) is 0.191. The molecule has 0 heterocycles. The van der Waals surface area contributed by atoms with Crippen LogP contribution in [0.25, 0.3) is 0 Å². The van der Waals surface area contributed by atoms with Crippen LogP contribution in [-0.2, 0) is 14.4 Å². The van der Waals surface area contributed by atoms with Crippen LogP contribution in [0.4, 0.5) is 8.78 Å². The van der Waals surface area contributed by atoms with E-state index in [9.17, 15) is 18.4 Å². The van der Waals surface area contributed by atoms with Gasteiger partial charge in [0.2, 0.25) is 0 Å². The quantitative estimate of drug-likeness (QED) is 0.0508. The Balaban J connectivity index is 0.000000638. The average molecular weight is 765 g/mol. The summed E-state index contributed by atoms with van der Waals surface area (Å²) in [4.78, 5) is 32.7. The van der Waals surface area contributed by atoms with E-state index in [1.807, 2.05) is 48.5 Å². The molecule has 0 unspecified atom stereocenters. The average Bonchev–Trinajstić information content (AvgIpc) is 3.05. The van der Waals surface area contributed by atoms with Gasteiger partial charge in [0.05, 0.1) is 0 Å². The van der Waals surface area contributed by atoms with Crippen LogP contribution < -0.4 is 0 Å². The van der Waals surface area contributed by atoms with E-state index in [0.29, 0.717) is 5.56 Å². The molecule has 46 heavy (non-hydrogen) atoms. The van der Waals surface area contributed by atoms with Gasteiger partial charge in [0.25, 0.3) is 0 Å². The number of terminal acetylenes is 1. The Labute approximate surface area is 292 Å². The third-order valence-corrected chi connectivity index (χ3v) is 6.91. The fourth-order valence-electron chi connectivity index (χ4n) is 2.72. The predicted octanol–water partition coefficient (Wildman–Crippen LogP) is 9.95. The van der Waals surface area contributed by atoms with Gasteiger partial charge in [-0.2, -0.15) is 0 Å². The van der Waals surface area contributed by atoms with Crippen molar-refractivity contribution in [2.24, 2.45) is 0 Å². The van der Waals surface area contributed by atoms with E-state index in [2.05, 4.69) is 59.2 Å². The first-order chi connectivity index (χ1) is 22.1. The molecular formula is C38H31F2IO3S2. The molecule has 0 aliphatic heterocycles. The fraction of sp³-hybridized carbons (Fsp3) is 0.0789. The minimum absolute atomic E-state index is 0.0603. The van der Waals surface area contributed by atoms with Crippen LogP contribution in [0.1, 0.15) is 37.5 Å². The molecule has 3 nitrogen and oxygen atoms in total. The van der Waals surface area contributed by atoms with Gasteiger partial charge in [-0.05, 0) is 138 Å². The van der Waals surface area contributed by atoms with Gasteiger partial charge in [-0.1, -0.05) is 41.3 Å². The maximum atomic E-state index is 12.7. The molecule has 0 fully saturated rings. The zero-order valence-corrected chi connectivity index (χ0v) is 29.3. The van der Waals surface area contributed by atoms with Gasteiger partial charge in [0, 0.05) is 43.9 Å². The second-order valence-electron chi connectivity index (χ2n) is 8.11. The first-order valence-corrected chi connectivity index (χ1v) is 15.9. The molecule has 0 atom stereocenters. The molecule has 8 heteroatoms. The zero-order valence-electron chi connectivity index (χ0n) is 25.5. The van der Waals surface area contributed by atoms with E-state index in [1.54, 1.807) is 38.1 Å². The van der Waals surface area contributed by atoms with Crippen molar-refractivity contribution in [3.63, 3.8) is 0 Å². The third-order valence-electron chi connectivity index (χ3n) is 4.60. The molecule has 0 saturated heterocycles. The van der Waals surface area contributed by atoms with E-state index in [0.717, 1.165) is 20.9 Å². The highest BCUT2D eigenvalue weighted by atomic mass is 127. The summed E-state index contributed by atoms with van der Waals surface area (Å²) >= 11 is 4.70. The van der Waals surface area contributed by atoms with Crippen LogP contribution >= 0.6 is 46.1 Å². The highest BCUT2D eigenvalue weighted by Crippen LogP contribution is 2.19. The summed E-state index contributed by atoms with van der Waals surface area (Å²) in [6, 6.07) is 27.2. The number of benzene rings is 4. The van der Waals surface area contributed by atoms with Crippen molar-refractivity contribution in [2.45, 2.75) is 30.6 Å². The number of allylic oxidation sites excluding steroid dienone is 1. The summed E-state index contributed by atoms with van der Waals surface area (Å²) < 4.78 is 26.1. The summed E-state index contributed by atoms with van der Waals surface area (Å²) in [7, 11) is 0. The normalized spacial score (nSPS) is 8.46. The molecule has 0 bridgehead atoms. The van der Waals surface area contributed by atoms with Gasteiger partial charge >= 0.3 is 0 Å². The summed E-state index contributed by atoms with van der Waals surface area (Å²) in [6.07, 6.45) is 6.53. The monoisotopic (exact) mass is 764 g/mol. The zero-order chi connectivity index (χ0) is 34.7. The molecule has 0 radical (unpaired) electrons. The highest BCUT2D eigenvalue weighted by Gasteiger charge is 1.98. The Morgan fingerprint density at radius 3 is 1.35 bits per heavy atom. The summed E-state index contributed by atoms with van der Waals surface area (Å²) in [6.45, 7) is 10.8. The minimum Gasteiger partial charge on any atom is -0.287 e. The molecule has 0 spiro atoms. The van der Waals surface area contributed by atoms with Gasteiger partial charge in [-0.15, -0.1) is 19.6 Å². The van der Waals surface area contributed by atoms with Crippen molar-refractivity contribution in [1.29, 1.82) is 0 Å². The molecule has 0 saturated carbocycles. The van der Waals surface area contributed by atoms with Crippen molar-refractivity contribution >= 4 is 62.3 Å². The van der Waals surface area contributed by atoms with Crippen molar-refractivity contribution in [2.75, 3.05) is 0 Å². The molecule has 0 aliphatic rings. The molecule has 0 amide bonds. The Kier molecular flexibility index (Phi) is 23.4. The first-order valence-electron chi connectivity index (χ1n) is 13.2. The van der Waals surface area contributed by atoms with Crippen LogP contribution in [-0.4, -0.2) is 16.2 Å². The lowest BCUT2D eigenvalue weighted by Crippen LogP contribution is -1.82. The molecule has 4 rings (SSSR count). The van der Waals surface area contributed by atoms with Crippen LogP contribution in [0, 0.1) is 39.4 Å². The van der Waals surface area contributed by atoms with Crippen LogP contribution in [0.15, 0.2) is 132 Å². The maximum absolute atomic E-state index is 12.7. The molecule has 234 valence electrons. The van der Waals surface area contributed by atoms with E-state index in [4.69, 9.17) is 11.2 Å². The van der Waals surface area contributed by atoms with Crippen molar-refractivity contribution < 1.29 is 23.2 Å². The number of halogens is 3. The second-order valence-corrected chi connectivity index (χ2v) is 11.9. The topological polar surface area (TPSA) is 51.2 Å². The summed E-state index contributed by atoms with van der Waals surface area (Å²) in [5.74, 6) is 9.28. The van der Waals surface area contributed by atoms with Gasteiger partial charge in [-0.25, -0.2) is 13.6 Å². The lowest BCUT2D eigenvalue weighted by Gasteiger charge is -1.96. The van der Waals surface area contributed by atoms with Gasteiger partial charge < -0.3 is 0 Å². The molecule has 4 aromatic carbocycles. The molecule has 0 N–H and O–H groups in total. The highest BCUT2D eigenvalue weighted by molar-refractivity contribution is 14.1. The Hall–Kier alpha value is -4.40. The molecule has 0 aliphatic carbocycles. The van der Waals surface area contributed by atoms with Gasteiger partial charge in [0.1, 0.15) is 11.6 Å². The van der Waals surface area contributed by atoms with E-state index >= 15 is 0 Å². The van der Waals surface area contributed by atoms with Crippen molar-refractivity contribution in [1.82, 2.24) is 0 Å². The van der Waals surface area contributed by atoms with Gasteiger partial charge in [0.15, 0.2) is 16.2 Å². The minimum atomic E-state index is -0.267. The number of hydrogen-bond acceptors (Lipinski definition) is 5. The summed E-state index contributed by atoms with van der Waals surface area (Å²) in [5.41, 5.74) is 4.51. The number of carbonyl (C=O) groups is 2. The largest absolute Gasteiger partial charge is 0.287 e. The van der Waals surface area contributed by atoms with E-state index in [1.165, 1.54) is 70.3 Å². The van der Waals surface area contributed by atoms with Crippen molar-refractivity contribution in [3.05, 3.63) is 154 Å². The number of carbonyl (C=O) groups excluding carboxylic acids is 3. The first kappa shape index (κ1) is 41.6. The standard InChI is InChI=1S/C16H11FOS.C8H5F.C8H7IOS.C4H4O.C2H4/c1-12(18)19-16-10-6-14(7-11-16)3-2-13-4-8-15(17)9-5-13;1-2-7-3-5-8(9)6-4-7;1-6(10)11-8-4-2-7(9)3-5-8;1-2-3-4-5;1-2/h4-11H,1H3;1,3-6H;2-5H,1H3;2H,1H3;1-2H2. The number of thioether (sulfide) groups is 2. The second kappa shape index (κ2) is 25.9. The van der Waals surface area contributed by atoms with Crippen LogP contribution in [0.5, 0.6) is 0 Å². The van der Waals surface area contributed by atoms with Crippen molar-refractivity contribution in [3.8, 4) is 24.2 Å². The Bertz CT molecular complexity index is 1690. The molecule has 0 aromatic heterocycles. The number of hydrogen-bond donors (Lipinski definition) is 0. The lowest BCUT2D eigenvalue weighted by atomic mass is 10.2. The third kappa shape index (κ3) is 21.3. The molecular weight excluding hydrogens is 733 g/mol. The van der Waals surface area contributed by atoms with Gasteiger partial charge in [-0.3, -0.25) is 9.59 Å². The molecule has 4 aromatic rings. The predicted molar refractivity (Wildman–Crippen MR) is 196 cm³/mol. The SMILES string of the molecule is C#Cc1ccc(F)cc1.C=C.CC(=O)Sc1ccc(C#Cc2ccc(F)cc2)cc1.CC(=O)Sc1ccc(I)cc1.CC=C=C=O. The maximum Gasteiger partial charge on any atom is 0.190 e. The van der Waals surface area contributed by atoms with Crippen LogP contribution in [0.3, 0.4) is 0 Å². The van der Waals surface area contributed by atoms with E-state index in [-0.39, 0.29) is 21.9 Å².